The number of ether oxygens (including phenoxy) is 1. The minimum absolute atomic E-state index is 0.0421. The molecule has 0 saturated heterocycles. The zero-order valence-corrected chi connectivity index (χ0v) is 15.3. The number of nitro benzene ring substituents is 1. The van der Waals surface area contributed by atoms with Crippen molar-refractivity contribution in [2.24, 2.45) is 0 Å². The van der Waals surface area contributed by atoms with Gasteiger partial charge in [0.2, 0.25) is 0 Å². The van der Waals surface area contributed by atoms with E-state index in [0.717, 1.165) is 16.7 Å². The molecule has 0 N–H and O–H groups in total. The third-order valence-corrected chi connectivity index (χ3v) is 4.19. The summed E-state index contributed by atoms with van der Waals surface area (Å²) in [4.78, 5) is 10.2. The van der Waals surface area contributed by atoms with E-state index in [-0.39, 0.29) is 5.69 Å². The molecule has 3 aromatic rings. The van der Waals surface area contributed by atoms with E-state index in [4.69, 9.17) is 10.00 Å². The number of nitrogens with zero attached hydrogens (tertiary/aromatic N) is 3. The lowest BCUT2D eigenvalue weighted by Crippen LogP contribution is -1.96. The molecule has 29 heavy (non-hydrogen) atoms. The summed E-state index contributed by atoms with van der Waals surface area (Å²) in [6, 6.07) is 24.5. The summed E-state index contributed by atoms with van der Waals surface area (Å²) in [5.41, 5.74) is 3.49. The van der Waals surface area contributed by atoms with Crippen molar-refractivity contribution in [3.8, 4) is 17.9 Å². The summed E-state index contributed by atoms with van der Waals surface area (Å²) >= 11 is 0. The Morgan fingerprint density at radius 3 is 2.17 bits per heavy atom. The zero-order chi connectivity index (χ0) is 20.6. The number of hydrogen-bond donors (Lipinski definition) is 0. The predicted molar refractivity (Wildman–Crippen MR) is 109 cm³/mol. The van der Waals surface area contributed by atoms with Gasteiger partial charge in [-0.2, -0.15) is 10.5 Å². The van der Waals surface area contributed by atoms with Crippen LogP contribution in [0.5, 0.6) is 5.75 Å². The number of benzene rings is 3. The van der Waals surface area contributed by atoms with Gasteiger partial charge in [-0.25, -0.2) is 0 Å². The van der Waals surface area contributed by atoms with Gasteiger partial charge in [-0.15, -0.1) is 0 Å². The Morgan fingerprint density at radius 1 is 0.966 bits per heavy atom. The molecule has 0 atom stereocenters. The summed E-state index contributed by atoms with van der Waals surface area (Å²) in [5.74, 6) is 0.650. The van der Waals surface area contributed by atoms with Crippen LogP contribution in [-0.4, -0.2) is 4.92 Å². The van der Waals surface area contributed by atoms with Crippen LogP contribution in [0.1, 0.15) is 22.3 Å². The summed E-state index contributed by atoms with van der Waals surface area (Å²) in [6.07, 6.45) is 1.77. The number of nitro groups is 1. The molecule has 0 aliphatic rings. The zero-order valence-electron chi connectivity index (χ0n) is 15.3. The lowest BCUT2D eigenvalue weighted by molar-refractivity contribution is -0.384. The van der Waals surface area contributed by atoms with Crippen molar-refractivity contribution < 1.29 is 9.66 Å². The van der Waals surface area contributed by atoms with E-state index < -0.39 is 4.92 Å². The molecule has 0 aromatic heterocycles. The smallest absolute Gasteiger partial charge is 0.269 e. The van der Waals surface area contributed by atoms with E-state index >= 15 is 0 Å². The lowest BCUT2D eigenvalue weighted by Gasteiger charge is -2.07. The lowest BCUT2D eigenvalue weighted by atomic mass is 10.0. The molecular weight excluding hydrogens is 366 g/mol. The highest BCUT2D eigenvalue weighted by atomic mass is 16.6. The van der Waals surface area contributed by atoms with Crippen LogP contribution in [0.15, 0.2) is 72.8 Å². The summed E-state index contributed by atoms with van der Waals surface area (Å²) < 4.78 is 5.70. The Labute approximate surface area is 167 Å². The molecule has 140 valence electrons. The van der Waals surface area contributed by atoms with Crippen molar-refractivity contribution in [3.63, 3.8) is 0 Å². The first-order valence-electron chi connectivity index (χ1n) is 8.67. The van der Waals surface area contributed by atoms with Gasteiger partial charge in [-0.05, 0) is 59.2 Å². The molecule has 0 aliphatic heterocycles. The maximum Gasteiger partial charge on any atom is 0.269 e. The molecule has 0 radical (unpaired) electrons. The molecule has 0 heterocycles. The van der Waals surface area contributed by atoms with Crippen molar-refractivity contribution in [1.29, 1.82) is 10.5 Å². The largest absolute Gasteiger partial charge is 0.489 e. The third-order valence-electron chi connectivity index (χ3n) is 4.19. The summed E-state index contributed by atoms with van der Waals surface area (Å²) in [7, 11) is 0. The maximum atomic E-state index is 10.7. The van der Waals surface area contributed by atoms with Crippen LogP contribution in [0.2, 0.25) is 0 Å². The van der Waals surface area contributed by atoms with Crippen molar-refractivity contribution in [1.82, 2.24) is 0 Å². The average molecular weight is 381 g/mol. The van der Waals surface area contributed by atoms with Crippen molar-refractivity contribution in [2.45, 2.75) is 6.61 Å². The number of allylic oxidation sites excluding steroid dienone is 1. The van der Waals surface area contributed by atoms with Gasteiger partial charge >= 0.3 is 0 Å². The first-order chi connectivity index (χ1) is 14.1. The topological polar surface area (TPSA) is 99.9 Å². The molecule has 6 heteroatoms. The van der Waals surface area contributed by atoms with Crippen molar-refractivity contribution in [2.75, 3.05) is 0 Å². The second kappa shape index (κ2) is 8.98. The Kier molecular flexibility index (Phi) is 5.99. The normalized spacial score (nSPS) is 10.6. The molecule has 0 unspecified atom stereocenters. The van der Waals surface area contributed by atoms with Crippen molar-refractivity contribution in [3.05, 3.63) is 105 Å². The number of hydrogen-bond acceptors (Lipinski definition) is 5. The Bertz CT molecular complexity index is 1120. The van der Waals surface area contributed by atoms with Gasteiger partial charge in [0.15, 0.2) is 0 Å². The fourth-order valence-corrected chi connectivity index (χ4v) is 2.61. The van der Waals surface area contributed by atoms with Crippen LogP contribution < -0.4 is 4.74 Å². The molecule has 0 aliphatic carbocycles. The van der Waals surface area contributed by atoms with E-state index in [2.05, 4.69) is 12.1 Å². The SMILES string of the molecule is N#C/C(=C\c1ccc(OCc2ccc([N+](=O)[O-])cc2)cc1)c1ccc(C#N)cc1. The first-order valence-corrected chi connectivity index (χ1v) is 8.67. The number of nitriles is 2. The number of non-ortho nitro benzene ring substituents is 1. The van der Waals surface area contributed by atoms with Gasteiger partial charge < -0.3 is 4.74 Å². The van der Waals surface area contributed by atoms with Gasteiger partial charge in [0, 0.05) is 12.1 Å². The average Bonchev–Trinajstić information content (AvgIpc) is 2.77. The second-order valence-electron chi connectivity index (χ2n) is 6.14. The minimum Gasteiger partial charge on any atom is -0.489 e. The molecule has 3 rings (SSSR count). The Hall–Kier alpha value is -4.42. The van der Waals surface area contributed by atoms with Gasteiger partial charge in [-0.3, -0.25) is 10.1 Å². The Morgan fingerprint density at radius 2 is 1.62 bits per heavy atom. The third kappa shape index (κ3) is 5.06. The highest BCUT2D eigenvalue weighted by Crippen LogP contribution is 2.21. The molecule has 0 bridgehead atoms. The summed E-state index contributed by atoms with van der Waals surface area (Å²) in [5, 5.41) is 29.0. The molecule has 0 fully saturated rings. The molecule has 0 amide bonds. The van der Waals surface area contributed by atoms with Crippen molar-refractivity contribution >= 4 is 17.3 Å². The molecular formula is C23H15N3O3. The highest BCUT2D eigenvalue weighted by molar-refractivity contribution is 5.89. The van der Waals surface area contributed by atoms with E-state index in [1.54, 1.807) is 54.6 Å². The standard InChI is InChI=1S/C23H15N3O3/c24-14-18-1-7-20(8-2-18)21(15-25)13-17-5-11-23(12-6-17)29-16-19-3-9-22(10-4-19)26(27)28/h1-13H,16H2/b21-13+. The quantitative estimate of drug-likeness (QED) is 0.256. The molecule has 3 aromatic carbocycles. The van der Waals surface area contributed by atoms with Gasteiger partial charge in [0.1, 0.15) is 12.4 Å². The molecule has 6 nitrogen and oxygen atoms in total. The minimum atomic E-state index is -0.440. The van der Waals surface area contributed by atoms with E-state index in [0.29, 0.717) is 23.5 Å². The maximum absolute atomic E-state index is 10.7. The summed E-state index contributed by atoms with van der Waals surface area (Å²) in [6.45, 7) is 0.294. The second-order valence-corrected chi connectivity index (χ2v) is 6.14. The van der Waals surface area contributed by atoms with E-state index in [1.807, 2.05) is 12.1 Å². The van der Waals surface area contributed by atoms with Crippen LogP contribution in [0.25, 0.3) is 11.6 Å². The van der Waals surface area contributed by atoms with Gasteiger partial charge in [0.25, 0.3) is 5.69 Å². The van der Waals surface area contributed by atoms with Crippen LogP contribution in [0, 0.1) is 32.8 Å². The van der Waals surface area contributed by atoms with Gasteiger partial charge in [-0.1, -0.05) is 24.3 Å². The highest BCUT2D eigenvalue weighted by Gasteiger charge is 2.05. The monoisotopic (exact) mass is 381 g/mol. The number of rotatable bonds is 6. The fourth-order valence-electron chi connectivity index (χ4n) is 2.61. The van der Waals surface area contributed by atoms with Crippen LogP contribution in [0.3, 0.4) is 0 Å². The van der Waals surface area contributed by atoms with Crippen LogP contribution >= 0.6 is 0 Å². The van der Waals surface area contributed by atoms with E-state index in [9.17, 15) is 15.4 Å². The Balaban J connectivity index is 1.67. The van der Waals surface area contributed by atoms with Crippen LogP contribution in [0.4, 0.5) is 5.69 Å². The first kappa shape index (κ1) is 19.3. The molecule has 0 spiro atoms. The van der Waals surface area contributed by atoms with Crippen LogP contribution in [-0.2, 0) is 6.61 Å². The molecule has 0 saturated carbocycles. The fraction of sp³-hybridized carbons (Fsp3) is 0.0435. The van der Waals surface area contributed by atoms with E-state index in [1.165, 1.54) is 12.1 Å². The van der Waals surface area contributed by atoms with Gasteiger partial charge in [0.05, 0.1) is 28.2 Å². The predicted octanol–water partition coefficient (Wildman–Crippen LogP) is 5.11.